The normalized spacial score (nSPS) is 18.3. The molecule has 4 nitrogen and oxygen atoms in total. The molecular formula is C9H13N3O. The van der Waals surface area contributed by atoms with Crippen molar-refractivity contribution in [3.05, 3.63) is 18.1 Å². The van der Waals surface area contributed by atoms with Gasteiger partial charge in [-0.1, -0.05) is 0 Å². The average molecular weight is 179 g/mol. The molecule has 0 bridgehead atoms. The van der Waals surface area contributed by atoms with Crippen molar-refractivity contribution >= 4 is 0 Å². The summed E-state index contributed by atoms with van der Waals surface area (Å²) in [5, 5.41) is 0. The highest BCUT2D eigenvalue weighted by atomic mass is 16.5. The van der Waals surface area contributed by atoms with Crippen LogP contribution < -0.4 is 10.5 Å². The van der Waals surface area contributed by atoms with E-state index in [0.29, 0.717) is 12.4 Å². The number of ether oxygens (including phenoxy) is 1. The Hall–Kier alpha value is -1.16. The van der Waals surface area contributed by atoms with Gasteiger partial charge in [0, 0.05) is 23.7 Å². The van der Waals surface area contributed by atoms with Gasteiger partial charge in [0.15, 0.2) is 0 Å². The molecule has 2 N–H and O–H groups in total. The first-order valence-corrected chi connectivity index (χ1v) is 4.37. The van der Waals surface area contributed by atoms with Crippen LogP contribution in [0.5, 0.6) is 5.88 Å². The van der Waals surface area contributed by atoms with Crippen LogP contribution in [-0.4, -0.2) is 23.6 Å². The topological polar surface area (TPSA) is 61.0 Å². The zero-order valence-corrected chi connectivity index (χ0v) is 7.66. The van der Waals surface area contributed by atoms with Gasteiger partial charge in [-0.25, -0.2) is 9.97 Å². The second-order valence-corrected chi connectivity index (χ2v) is 3.43. The summed E-state index contributed by atoms with van der Waals surface area (Å²) in [6, 6.07) is 0. The first-order chi connectivity index (χ1) is 6.32. The maximum Gasteiger partial charge on any atom is 0.219 e. The summed E-state index contributed by atoms with van der Waals surface area (Å²) in [6.07, 6.45) is 5.54. The van der Waals surface area contributed by atoms with Gasteiger partial charge in [-0.2, -0.15) is 0 Å². The molecule has 0 aromatic carbocycles. The quantitative estimate of drug-likeness (QED) is 0.733. The summed E-state index contributed by atoms with van der Waals surface area (Å²) in [7, 11) is 1.62. The molecule has 1 aliphatic rings. The van der Waals surface area contributed by atoms with Gasteiger partial charge < -0.3 is 10.5 Å². The molecule has 4 heteroatoms. The van der Waals surface area contributed by atoms with E-state index in [1.807, 2.05) is 6.20 Å². The third-order valence-corrected chi connectivity index (χ3v) is 2.68. The zero-order chi connectivity index (χ0) is 9.31. The third-order valence-electron chi connectivity index (χ3n) is 2.68. The Kier molecular flexibility index (Phi) is 1.92. The Morgan fingerprint density at radius 3 is 2.92 bits per heavy atom. The molecule has 70 valence electrons. The summed E-state index contributed by atoms with van der Waals surface area (Å²) in [5.41, 5.74) is 6.87. The van der Waals surface area contributed by atoms with Gasteiger partial charge in [0.25, 0.3) is 0 Å². The van der Waals surface area contributed by atoms with Crippen molar-refractivity contribution in [2.45, 2.75) is 18.3 Å². The maximum absolute atomic E-state index is 5.71. The highest BCUT2D eigenvalue weighted by Gasteiger charge is 2.45. The monoisotopic (exact) mass is 179 g/mol. The van der Waals surface area contributed by atoms with Crippen LogP contribution in [0.1, 0.15) is 18.4 Å². The fourth-order valence-electron chi connectivity index (χ4n) is 1.58. The lowest BCUT2D eigenvalue weighted by molar-refractivity contribution is 0.385. The van der Waals surface area contributed by atoms with Crippen LogP contribution in [-0.2, 0) is 5.41 Å². The number of hydrogen-bond donors (Lipinski definition) is 1. The van der Waals surface area contributed by atoms with E-state index in [9.17, 15) is 0 Å². The van der Waals surface area contributed by atoms with E-state index in [4.69, 9.17) is 10.5 Å². The summed E-state index contributed by atoms with van der Waals surface area (Å²) >= 11 is 0. The van der Waals surface area contributed by atoms with Crippen molar-refractivity contribution in [2.24, 2.45) is 5.73 Å². The van der Waals surface area contributed by atoms with Gasteiger partial charge in [-0.3, -0.25) is 0 Å². The molecule has 1 heterocycles. The first-order valence-electron chi connectivity index (χ1n) is 4.37. The molecule has 0 radical (unpaired) electrons. The van der Waals surface area contributed by atoms with Gasteiger partial charge in [-0.05, 0) is 12.8 Å². The molecule has 1 aromatic heterocycles. The van der Waals surface area contributed by atoms with Gasteiger partial charge >= 0.3 is 0 Å². The lowest BCUT2D eigenvalue weighted by Gasteiger charge is -2.14. The van der Waals surface area contributed by atoms with Crippen molar-refractivity contribution < 1.29 is 4.74 Å². The summed E-state index contributed by atoms with van der Waals surface area (Å²) in [5.74, 6) is 0.665. The van der Waals surface area contributed by atoms with Crippen LogP contribution in [0.4, 0.5) is 0 Å². The van der Waals surface area contributed by atoms with E-state index in [1.165, 1.54) is 6.33 Å². The van der Waals surface area contributed by atoms with E-state index in [0.717, 1.165) is 18.4 Å². The lowest BCUT2D eigenvalue weighted by Crippen LogP contribution is -2.21. The van der Waals surface area contributed by atoms with Crippen molar-refractivity contribution in [1.29, 1.82) is 0 Å². The minimum atomic E-state index is 0.104. The molecule has 1 saturated carbocycles. The molecule has 1 aliphatic carbocycles. The van der Waals surface area contributed by atoms with Crippen LogP contribution in [0.25, 0.3) is 0 Å². The molecule has 13 heavy (non-hydrogen) atoms. The van der Waals surface area contributed by atoms with E-state index >= 15 is 0 Å². The SMILES string of the molecule is COc1ncncc1C1(CN)CC1. The summed E-state index contributed by atoms with van der Waals surface area (Å²) in [6.45, 7) is 0.650. The first kappa shape index (κ1) is 8.44. The van der Waals surface area contributed by atoms with Gasteiger partial charge in [0.1, 0.15) is 6.33 Å². The second kappa shape index (κ2) is 2.96. The van der Waals surface area contributed by atoms with E-state index < -0.39 is 0 Å². The van der Waals surface area contributed by atoms with Gasteiger partial charge in [-0.15, -0.1) is 0 Å². The predicted octanol–water partition coefficient (Wildman–Crippen LogP) is 0.475. The van der Waals surface area contributed by atoms with Gasteiger partial charge in [0.05, 0.1) is 7.11 Å². The Morgan fingerprint density at radius 2 is 2.38 bits per heavy atom. The number of aromatic nitrogens is 2. The van der Waals surface area contributed by atoms with Crippen LogP contribution in [0, 0.1) is 0 Å². The van der Waals surface area contributed by atoms with Crippen molar-refractivity contribution in [3.8, 4) is 5.88 Å². The Morgan fingerprint density at radius 1 is 1.62 bits per heavy atom. The number of nitrogens with two attached hydrogens (primary N) is 1. The van der Waals surface area contributed by atoms with Crippen molar-refractivity contribution in [3.63, 3.8) is 0 Å². The number of nitrogens with zero attached hydrogens (tertiary/aromatic N) is 2. The lowest BCUT2D eigenvalue weighted by atomic mass is 9.99. The van der Waals surface area contributed by atoms with E-state index in [-0.39, 0.29) is 5.41 Å². The van der Waals surface area contributed by atoms with Gasteiger partial charge in [0.2, 0.25) is 5.88 Å². The summed E-state index contributed by atoms with van der Waals surface area (Å²) < 4.78 is 5.17. The number of rotatable bonds is 3. The smallest absolute Gasteiger partial charge is 0.219 e. The fourth-order valence-corrected chi connectivity index (χ4v) is 1.58. The molecule has 0 amide bonds. The van der Waals surface area contributed by atoms with Crippen LogP contribution >= 0.6 is 0 Å². The molecule has 1 fully saturated rings. The predicted molar refractivity (Wildman–Crippen MR) is 48.6 cm³/mol. The molecular weight excluding hydrogens is 166 g/mol. The fraction of sp³-hybridized carbons (Fsp3) is 0.556. The molecule has 0 aliphatic heterocycles. The average Bonchev–Trinajstić information content (AvgIpc) is 2.98. The van der Waals surface area contributed by atoms with Crippen LogP contribution in [0.2, 0.25) is 0 Å². The van der Waals surface area contributed by atoms with E-state index in [1.54, 1.807) is 7.11 Å². The zero-order valence-electron chi connectivity index (χ0n) is 7.66. The second-order valence-electron chi connectivity index (χ2n) is 3.43. The third kappa shape index (κ3) is 1.27. The highest BCUT2D eigenvalue weighted by molar-refractivity contribution is 5.36. The van der Waals surface area contributed by atoms with Crippen molar-refractivity contribution in [1.82, 2.24) is 9.97 Å². The standard InChI is InChI=1S/C9H13N3O/c1-13-8-7(4-11-6-12-8)9(5-10)2-3-9/h4,6H,2-3,5,10H2,1H3. The Balaban J connectivity index is 2.39. The number of hydrogen-bond acceptors (Lipinski definition) is 4. The molecule has 0 unspecified atom stereocenters. The van der Waals surface area contributed by atoms with Crippen LogP contribution in [0.3, 0.4) is 0 Å². The largest absolute Gasteiger partial charge is 0.481 e. The summed E-state index contributed by atoms with van der Waals surface area (Å²) in [4.78, 5) is 8.06. The minimum Gasteiger partial charge on any atom is -0.481 e. The van der Waals surface area contributed by atoms with Crippen LogP contribution in [0.15, 0.2) is 12.5 Å². The minimum absolute atomic E-state index is 0.104. The maximum atomic E-state index is 5.71. The number of methoxy groups -OCH3 is 1. The molecule has 0 spiro atoms. The Labute approximate surface area is 77.1 Å². The van der Waals surface area contributed by atoms with E-state index in [2.05, 4.69) is 9.97 Å². The molecule has 2 rings (SSSR count). The molecule has 1 aromatic rings. The highest BCUT2D eigenvalue weighted by Crippen LogP contribution is 2.49. The van der Waals surface area contributed by atoms with Crippen molar-refractivity contribution in [2.75, 3.05) is 13.7 Å². The Bertz CT molecular complexity index is 309. The molecule has 0 atom stereocenters. The molecule has 0 saturated heterocycles.